The zero-order valence-corrected chi connectivity index (χ0v) is 27.4. The number of nitrogens with zero attached hydrogens (tertiary/aromatic N) is 3. The Morgan fingerprint density at radius 3 is 2.44 bits per heavy atom. The molecule has 6 rings (SSSR count). The lowest BCUT2D eigenvalue weighted by molar-refractivity contribution is -0.113. The number of aromatic nitrogens is 1. The Hall–Kier alpha value is -5.92. The molecule has 1 N–H and O–H groups in total. The lowest BCUT2D eigenvalue weighted by Gasteiger charge is -2.25. The maximum atomic E-state index is 14.2. The van der Waals surface area contributed by atoms with Crippen LogP contribution in [0.1, 0.15) is 42.1 Å². The van der Waals surface area contributed by atoms with E-state index in [0.717, 1.165) is 16.7 Å². The summed E-state index contributed by atoms with van der Waals surface area (Å²) in [6.07, 6.45) is 1.79. The number of hydrogen-bond acceptors (Lipinski definition) is 8. The largest absolute Gasteiger partial charge is 0.494 e. The van der Waals surface area contributed by atoms with Gasteiger partial charge < -0.3 is 19.5 Å². The molecule has 1 atom stereocenters. The number of para-hydroxylation sites is 1. The van der Waals surface area contributed by atoms with Crippen LogP contribution in [0.5, 0.6) is 17.2 Å². The summed E-state index contributed by atoms with van der Waals surface area (Å²) < 4.78 is 19.3. The number of carbonyl (C=O) groups is 1. The highest BCUT2D eigenvalue weighted by Gasteiger charge is 2.32. The summed E-state index contributed by atoms with van der Waals surface area (Å²) in [5.41, 5.74) is 4.27. The van der Waals surface area contributed by atoms with E-state index in [-0.39, 0.29) is 11.5 Å². The van der Waals surface area contributed by atoms with E-state index in [2.05, 4.69) is 11.4 Å². The highest BCUT2D eigenvalue weighted by Crippen LogP contribution is 2.32. The number of thiazole rings is 1. The minimum absolute atomic E-state index is 0.268. The summed E-state index contributed by atoms with van der Waals surface area (Å²) in [5, 5.41) is 12.0. The van der Waals surface area contributed by atoms with Gasteiger partial charge in [0.25, 0.3) is 11.5 Å². The predicted octanol–water partition coefficient (Wildman–Crippen LogP) is 5.73. The monoisotopic (exact) mass is 656 g/mol. The molecule has 0 aliphatic carbocycles. The van der Waals surface area contributed by atoms with E-state index in [9.17, 15) is 9.59 Å². The van der Waals surface area contributed by atoms with Crippen molar-refractivity contribution in [1.82, 2.24) is 4.57 Å². The highest BCUT2D eigenvalue weighted by atomic mass is 32.1. The number of methoxy groups -OCH3 is 1. The molecule has 0 saturated carbocycles. The van der Waals surface area contributed by atoms with Crippen molar-refractivity contribution in [3.05, 3.63) is 150 Å². The fourth-order valence-corrected chi connectivity index (χ4v) is 6.49. The fourth-order valence-electron chi connectivity index (χ4n) is 5.44. The molecule has 1 amide bonds. The van der Waals surface area contributed by atoms with Gasteiger partial charge in [0.1, 0.15) is 12.4 Å². The zero-order valence-electron chi connectivity index (χ0n) is 26.6. The maximum Gasteiger partial charge on any atom is 0.271 e. The van der Waals surface area contributed by atoms with Crippen LogP contribution in [0.4, 0.5) is 5.69 Å². The fraction of sp³-hybridized carbons (Fsp3) is 0.158. The summed E-state index contributed by atoms with van der Waals surface area (Å²) in [5.74, 6) is 1.41. The van der Waals surface area contributed by atoms with Crippen LogP contribution in [-0.4, -0.2) is 24.2 Å². The molecule has 0 saturated heterocycles. The van der Waals surface area contributed by atoms with Gasteiger partial charge in [0.15, 0.2) is 16.3 Å². The molecular formula is C38H32N4O5S. The minimum Gasteiger partial charge on any atom is -0.494 e. The van der Waals surface area contributed by atoms with Crippen LogP contribution < -0.4 is 34.4 Å². The van der Waals surface area contributed by atoms with Crippen molar-refractivity contribution in [2.45, 2.75) is 26.5 Å². The number of amides is 1. The van der Waals surface area contributed by atoms with Crippen LogP contribution in [0.25, 0.3) is 6.08 Å². The van der Waals surface area contributed by atoms with Gasteiger partial charge in [-0.3, -0.25) is 14.2 Å². The number of fused-ring (bicyclic) bond motifs is 1. The molecule has 5 aromatic rings. The second-order valence-electron chi connectivity index (χ2n) is 10.9. The average molecular weight is 657 g/mol. The van der Waals surface area contributed by atoms with E-state index in [0.29, 0.717) is 62.3 Å². The summed E-state index contributed by atoms with van der Waals surface area (Å²) in [4.78, 5) is 33.2. The first-order chi connectivity index (χ1) is 23.4. The summed E-state index contributed by atoms with van der Waals surface area (Å²) >= 11 is 1.26. The third kappa shape index (κ3) is 6.77. The number of allylic oxidation sites excluding steroid dienone is 1. The molecule has 9 nitrogen and oxygen atoms in total. The van der Waals surface area contributed by atoms with Crippen molar-refractivity contribution < 1.29 is 19.0 Å². The summed E-state index contributed by atoms with van der Waals surface area (Å²) in [6, 6.07) is 30.7. The number of hydrogen-bond donors (Lipinski definition) is 1. The zero-order chi connectivity index (χ0) is 33.6. The van der Waals surface area contributed by atoms with Crippen molar-refractivity contribution in [3.8, 4) is 23.3 Å². The van der Waals surface area contributed by atoms with Gasteiger partial charge in [-0.25, -0.2) is 4.99 Å². The number of rotatable bonds is 10. The molecule has 0 spiro atoms. The molecule has 0 radical (unpaired) electrons. The molecule has 1 aromatic heterocycles. The van der Waals surface area contributed by atoms with Crippen LogP contribution in [0.2, 0.25) is 0 Å². The molecule has 240 valence electrons. The Morgan fingerprint density at radius 1 is 1.00 bits per heavy atom. The first kappa shape index (κ1) is 32.0. The highest BCUT2D eigenvalue weighted by molar-refractivity contribution is 7.07. The van der Waals surface area contributed by atoms with Crippen molar-refractivity contribution in [2.24, 2.45) is 4.99 Å². The summed E-state index contributed by atoms with van der Waals surface area (Å²) in [6.45, 7) is 4.52. The molecule has 10 heteroatoms. The Balaban J connectivity index is 1.36. The van der Waals surface area contributed by atoms with E-state index in [1.165, 1.54) is 11.3 Å². The number of ether oxygens (including phenoxy) is 3. The van der Waals surface area contributed by atoms with E-state index < -0.39 is 6.04 Å². The van der Waals surface area contributed by atoms with Crippen molar-refractivity contribution in [3.63, 3.8) is 0 Å². The van der Waals surface area contributed by atoms with Crippen molar-refractivity contribution >= 4 is 29.0 Å². The molecule has 1 aliphatic heterocycles. The molecule has 0 fully saturated rings. The Labute approximate surface area is 281 Å². The van der Waals surface area contributed by atoms with Gasteiger partial charge in [0, 0.05) is 5.69 Å². The SMILES string of the molecule is CCOc1ccc([C@@H]2C(C(=O)Nc3ccccc3)=C(C)N=c3s/c(=C\c4ccc(OCc5ccc(C#N)cc5)c(OC)c4)c(=O)n32)cc1. The quantitative estimate of drug-likeness (QED) is 0.205. The third-order valence-corrected chi connectivity index (χ3v) is 8.75. The minimum atomic E-state index is -0.713. The van der Waals surface area contributed by atoms with Crippen LogP contribution >= 0.6 is 11.3 Å². The lowest BCUT2D eigenvalue weighted by Crippen LogP contribution is -2.40. The normalized spacial score (nSPS) is 14.0. The lowest BCUT2D eigenvalue weighted by atomic mass is 9.95. The average Bonchev–Trinajstić information content (AvgIpc) is 3.41. The second kappa shape index (κ2) is 14.2. The topological polar surface area (TPSA) is 115 Å². The van der Waals surface area contributed by atoms with E-state index in [4.69, 9.17) is 24.5 Å². The molecule has 2 heterocycles. The second-order valence-corrected chi connectivity index (χ2v) is 11.9. The standard InChI is InChI=1S/C38H32N4O5S/c1-4-46-30-17-15-28(16-18-30)35-34(36(43)41-29-8-6-5-7-9-29)24(2)40-38-42(35)37(44)33(48-38)21-27-14-19-31(32(20-27)45-3)47-23-26-12-10-25(22-39)11-13-26/h5-21,35H,4,23H2,1-3H3,(H,41,43)/b33-21-/t35-/m1/s1. The number of benzene rings is 4. The molecular weight excluding hydrogens is 625 g/mol. The molecule has 4 aromatic carbocycles. The maximum absolute atomic E-state index is 14.2. The number of anilines is 1. The van der Waals surface area contributed by atoms with Crippen LogP contribution in [0.3, 0.4) is 0 Å². The van der Waals surface area contributed by atoms with E-state index in [1.807, 2.05) is 79.7 Å². The number of nitrogens with one attached hydrogen (secondary N) is 1. The molecule has 1 aliphatic rings. The van der Waals surface area contributed by atoms with Gasteiger partial charge in [0.2, 0.25) is 0 Å². The first-order valence-electron chi connectivity index (χ1n) is 15.3. The molecule has 0 unspecified atom stereocenters. The van der Waals surface area contributed by atoms with Gasteiger partial charge in [-0.1, -0.05) is 59.9 Å². The Bertz CT molecular complexity index is 2210. The van der Waals surface area contributed by atoms with E-state index >= 15 is 0 Å². The van der Waals surface area contributed by atoms with E-state index in [1.54, 1.807) is 48.9 Å². The van der Waals surface area contributed by atoms with Gasteiger partial charge in [-0.15, -0.1) is 0 Å². The van der Waals surface area contributed by atoms with Crippen molar-refractivity contribution in [1.29, 1.82) is 5.26 Å². The predicted molar refractivity (Wildman–Crippen MR) is 185 cm³/mol. The van der Waals surface area contributed by atoms with Gasteiger partial charge in [-0.2, -0.15) is 5.26 Å². The van der Waals surface area contributed by atoms with Gasteiger partial charge >= 0.3 is 0 Å². The summed E-state index contributed by atoms with van der Waals surface area (Å²) in [7, 11) is 1.56. The molecule has 0 bridgehead atoms. The smallest absolute Gasteiger partial charge is 0.271 e. The Kier molecular flexibility index (Phi) is 9.50. The number of carbonyl (C=O) groups excluding carboxylic acids is 1. The first-order valence-corrected chi connectivity index (χ1v) is 16.1. The van der Waals surface area contributed by atoms with Gasteiger partial charge in [-0.05, 0) is 85.1 Å². The Morgan fingerprint density at radius 2 is 1.75 bits per heavy atom. The van der Waals surface area contributed by atoms with Crippen LogP contribution in [-0.2, 0) is 11.4 Å². The van der Waals surface area contributed by atoms with Crippen molar-refractivity contribution in [2.75, 3.05) is 19.0 Å². The number of nitriles is 1. The third-order valence-electron chi connectivity index (χ3n) is 7.77. The van der Waals surface area contributed by atoms with Crippen LogP contribution in [0, 0.1) is 11.3 Å². The van der Waals surface area contributed by atoms with Crippen LogP contribution in [0.15, 0.2) is 118 Å². The molecule has 48 heavy (non-hydrogen) atoms. The van der Waals surface area contributed by atoms with Gasteiger partial charge in [0.05, 0.1) is 47.2 Å².